The lowest BCUT2D eigenvalue weighted by Crippen LogP contribution is -2.41. The first-order valence-electron chi connectivity index (χ1n) is 6.27. The van der Waals surface area contributed by atoms with Crippen LogP contribution < -0.4 is 5.32 Å². The molecular weight excluding hydrogens is 188 g/mol. The number of amides is 1. The summed E-state index contributed by atoms with van der Waals surface area (Å²) in [5, 5.41) is 3.48. The maximum atomic E-state index is 11.7. The molecule has 2 aliphatic heterocycles. The summed E-state index contributed by atoms with van der Waals surface area (Å²) in [6, 6.07) is 0.662. The summed E-state index contributed by atoms with van der Waals surface area (Å²) < 4.78 is 0. The van der Waals surface area contributed by atoms with Gasteiger partial charge in [-0.25, -0.2) is 0 Å². The van der Waals surface area contributed by atoms with Crippen LogP contribution in [-0.4, -0.2) is 36.5 Å². The molecule has 1 N–H and O–H groups in total. The molecule has 0 saturated carbocycles. The highest BCUT2D eigenvalue weighted by Gasteiger charge is 2.23. The Hall–Kier alpha value is -0.570. The van der Waals surface area contributed by atoms with Crippen molar-refractivity contribution in [3.8, 4) is 0 Å². The van der Waals surface area contributed by atoms with Gasteiger partial charge in [0.25, 0.3) is 0 Å². The fourth-order valence-electron chi connectivity index (χ4n) is 2.63. The molecule has 2 saturated heterocycles. The molecule has 3 nitrogen and oxygen atoms in total. The van der Waals surface area contributed by atoms with Crippen LogP contribution >= 0.6 is 0 Å². The number of hydrogen-bond donors (Lipinski definition) is 1. The third-order valence-electron chi connectivity index (χ3n) is 3.65. The summed E-state index contributed by atoms with van der Waals surface area (Å²) in [7, 11) is 0. The molecule has 2 unspecified atom stereocenters. The quantitative estimate of drug-likeness (QED) is 0.763. The average molecular weight is 210 g/mol. The third-order valence-corrected chi connectivity index (χ3v) is 3.65. The second-order valence-electron chi connectivity index (χ2n) is 5.07. The molecule has 0 bridgehead atoms. The molecule has 0 aromatic rings. The molecule has 0 spiro atoms. The van der Waals surface area contributed by atoms with E-state index in [0.29, 0.717) is 17.9 Å². The summed E-state index contributed by atoms with van der Waals surface area (Å²) in [4.78, 5) is 13.7. The van der Waals surface area contributed by atoms with Crippen molar-refractivity contribution in [2.45, 2.75) is 45.1 Å². The minimum Gasteiger partial charge on any atom is -0.342 e. The second-order valence-corrected chi connectivity index (χ2v) is 5.07. The molecule has 2 aliphatic rings. The number of carbonyl (C=O) groups is 1. The number of nitrogens with one attached hydrogen (secondary N) is 1. The minimum atomic E-state index is 0.367. The smallest absolute Gasteiger partial charge is 0.222 e. The normalized spacial score (nSPS) is 32.3. The van der Waals surface area contributed by atoms with E-state index in [2.05, 4.69) is 17.1 Å². The van der Waals surface area contributed by atoms with Crippen LogP contribution in [0, 0.1) is 5.92 Å². The van der Waals surface area contributed by atoms with Gasteiger partial charge in [0.15, 0.2) is 0 Å². The van der Waals surface area contributed by atoms with Gasteiger partial charge in [-0.3, -0.25) is 4.79 Å². The van der Waals surface area contributed by atoms with E-state index < -0.39 is 0 Å². The Morgan fingerprint density at radius 2 is 2.33 bits per heavy atom. The van der Waals surface area contributed by atoms with E-state index in [-0.39, 0.29) is 0 Å². The van der Waals surface area contributed by atoms with Crippen LogP contribution in [0.4, 0.5) is 0 Å². The van der Waals surface area contributed by atoms with Gasteiger partial charge in [0.05, 0.1) is 0 Å². The molecule has 0 aromatic heterocycles. The number of piperidine rings is 1. The number of rotatable bonds is 3. The minimum absolute atomic E-state index is 0.367. The highest BCUT2D eigenvalue weighted by Crippen LogP contribution is 2.18. The summed E-state index contributed by atoms with van der Waals surface area (Å²) in [5.41, 5.74) is 0. The van der Waals surface area contributed by atoms with Crippen molar-refractivity contribution in [3.63, 3.8) is 0 Å². The van der Waals surface area contributed by atoms with Crippen molar-refractivity contribution in [1.82, 2.24) is 10.2 Å². The molecule has 0 aliphatic carbocycles. The topological polar surface area (TPSA) is 32.3 Å². The zero-order valence-corrected chi connectivity index (χ0v) is 9.67. The fourth-order valence-corrected chi connectivity index (χ4v) is 2.63. The van der Waals surface area contributed by atoms with E-state index in [9.17, 15) is 4.79 Å². The first kappa shape index (κ1) is 10.9. The monoisotopic (exact) mass is 210 g/mol. The average Bonchev–Trinajstić information content (AvgIpc) is 2.72. The Morgan fingerprint density at radius 3 is 3.07 bits per heavy atom. The highest BCUT2D eigenvalue weighted by molar-refractivity contribution is 5.76. The lowest BCUT2D eigenvalue weighted by Gasteiger charge is -2.31. The van der Waals surface area contributed by atoms with Crippen molar-refractivity contribution in [3.05, 3.63) is 0 Å². The highest BCUT2D eigenvalue weighted by atomic mass is 16.2. The molecule has 3 heteroatoms. The molecule has 0 aromatic carbocycles. The molecule has 2 fully saturated rings. The van der Waals surface area contributed by atoms with Gasteiger partial charge in [-0.1, -0.05) is 6.92 Å². The molecular formula is C12H22N2O. The van der Waals surface area contributed by atoms with E-state index in [4.69, 9.17) is 0 Å². The van der Waals surface area contributed by atoms with Crippen LogP contribution in [0.15, 0.2) is 0 Å². The summed E-state index contributed by atoms with van der Waals surface area (Å²) in [5.74, 6) is 1.06. The predicted molar refractivity (Wildman–Crippen MR) is 60.6 cm³/mol. The Balaban J connectivity index is 1.74. The maximum Gasteiger partial charge on any atom is 0.222 e. The molecule has 2 heterocycles. The Bertz CT molecular complexity index is 224. The zero-order valence-electron chi connectivity index (χ0n) is 9.67. The summed E-state index contributed by atoms with van der Waals surface area (Å²) >= 11 is 0. The Morgan fingerprint density at radius 1 is 1.47 bits per heavy atom. The summed E-state index contributed by atoms with van der Waals surface area (Å²) in [6.07, 6.45) is 5.57. The maximum absolute atomic E-state index is 11.7. The molecule has 1 amide bonds. The number of hydrogen-bond acceptors (Lipinski definition) is 2. The van der Waals surface area contributed by atoms with Crippen LogP contribution in [0.3, 0.4) is 0 Å². The second kappa shape index (κ2) is 4.97. The standard InChI is InChI=1S/C12H22N2O/c1-10-4-5-12(15)14(9-10)8-6-11-3-2-7-13-11/h10-11,13H,2-9H2,1H3. The van der Waals surface area contributed by atoms with Gasteiger partial charge in [-0.05, 0) is 38.1 Å². The van der Waals surface area contributed by atoms with Crippen LogP contribution in [0.5, 0.6) is 0 Å². The first-order chi connectivity index (χ1) is 7.25. The van der Waals surface area contributed by atoms with Crippen LogP contribution in [0.25, 0.3) is 0 Å². The summed E-state index contributed by atoms with van der Waals surface area (Å²) in [6.45, 7) is 5.34. The van der Waals surface area contributed by atoms with E-state index in [1.807, 2.05) is 0 Å². The fraction of sp³-hybridized carbons (Fsp3) is 0.917. The van der Waals surface area contributed by atoms with Crippen molar-refractivity contribution < 1.29 is 4.79 Å². The van der Waals surface area contributed by atoms with Crippen LogP contribution in [-0.2, 0) is 4.79 Å². The van der Waals surface area contributed by atoms with Gasteiger partial charge < -0.3 is 10.2 Å². The van der Waals surface area contributed by atoms with Gasteiger partial charge in [-0.2, -0.15) is 0 Å². The van der Waals surface area contributed by atoms with Gasteiger partial charge in [0, 0.05) is 25.6 Å². The van der Waals surface area contributed by atoms with E-state index in [1.54, 1.807) is 0 Å². The predicted octanol–water partition coefficient (Wildman–Crippen LogP) is 1.39. The van der Waals surface area contributed by atoms with Gasteiger partial charge >= 0.3 is 0 Å². The Kier molecular flexibility index (Phi) is 3.62. The molecule has 2 atom stereocenters. The number of likely N-dealkylation sites (tertiary alicyclic amines) is 1. The number of carbonyl (C=O) groups excluding carboxylic acids is 1. The molecule has 2 rings (SSSR count). The third kappa shape index (κ3) is 2.94. The van der Waals surface area contributed by atoms with Crippen molar-refractivity contribution in [1.29, 1.82) is 0 Å². The van der Waals surface area contributed by atoms with Crippen molar-refractivity contribution in [2.75, 3.05) is 19.6 Å². The van der Waals surface area contributed by atoms with E-state index in [0.717, 1.165) is 38.9 Å². The molecule has 15 heavy (non-hydrogen) atoms. The SMILES string of the molecule is CC1CCC(=O)N(CCC2CCCN2)C1. The lowest BCUT2D eigenvalue weighted by molar-refractivity contribution is -0.134. The first-order valence-corrected chi connectivity index (χ1v) is 6.27. The Labute approximate surface area is 92.2 Å². The van der Waals surface area contributed by atoms with Crippen LogP contribution in [0.2, 0.25) is 0 Å². The van der Waals surface area contributed by atoms with Crippen LogP contribution in [0.1, 0.15) is 39.0 Å². The van der Waals surface area contributed by atoms with E-state index in [1.165, 1.54) is 12.8 Å². The van der Waals surface area contributed by atoms with Gasteiger partial charge in [0.2, 0.25) is 5.91 Å². The lowest BCUT2D eigenvalue weighted by atomic mass is 9.99. The van der Waals surface area contributed by atoms with Gasteiger partial charge in [0.1, 0.15) is 0 Å². The zero-order chi connectivity index (χ0) is 10.7. The van der Waals surface area contributed by atoms with Crippen molar-refractivity contribution in [2.24, 2.45) is 5.92 Å². The van der Waals surface area contributed by atoms with Gasteiger partial charge in [-0.15, -0.1) is 0 Å². The molecule has 86 valence electrons. The molecule has 0 radical (unpaired) electrons. The number of nitrogens with zero attached hydrogens (tertiary/aromatic N) is 1. The largest absolute Gasteiger partial charge is 0.342 e. The van der Waals surface area contributed by atoms with E-state index >= 15 is 0 Å². The van der Waals surface area contributed by atoms with Crippen molar-refractivity contribution >= 4 is 5.91 Å².